The van der Waals surface area contributed by atoms with Crippen molar-refractivity contribution in [1.29, 1.82) is 0 Å². The van der Waals surface area contributed by atoms with E-state index < -0.39 is 0 Å². The Morgan fingerprint density at radius 1 is 1.37 bits per heavy atom. The van der Waals surface area contributed by atoms with E-state index in [0.29, 0.717) is 6.54 Å². The summed E-state index contributed by atoms with van der Waals surface area (Å²) < 4.78 is 7.33. The van der Waals surface area contributed by atoms with Crippen molar-refractivity contribution < 1.29 is 4.74 Å². The lowest BCUT2D eigenvalue weighted by molar-refractivity contribution is 0.0175. The molecule has 1 saturated heterocycles. The lowest BCUT2D eigenvalue weighted by Gasteiger charge is -2.34. The average molecular weight is 266 g/mol. The molecule has 19 heavy (non-hydrogen) atoms. The van der Waals surface area contributed by atoms with Gasteiger partial charge in [0.15, 0.2) is 0 Å². The van der Waals surface area contributed by atoms with Gasteiger partial charge in [0.05, 0.1) is 24.9 Å². The Hall–Kier alpha value is -0.910. The average Bonchev–Trinajstić information content (AvgIpc) is 2.73. The van der Waals surface area contributed by atoms with Crippen molar-refractivity contribution in [2.24, 2.45) is 12.8 Å². The van der Waals surface area contributed by atoms with Gasteiger partial charge < -0.3 is 10.5 Å². The van der Waals surface area contributed by atoms with Crippen molar-refractivity contribution in [3.05, 3.63) is 17.5 Å². The van der Waals surface area contributed by atoms with Gasteiger partial charge in [-0.25, -0.2) is 0 Å². The second-order valence-electron chi connectivity index (χ2n) is 6.26. The molecule has 0 spiro atoms. The molecule has 1 atom stereocenters. The number of ether oxygens (including phenoxy) is 1. The summed E-state index contributed by atoms with van der Waals surface area (Å²) >= 11 is 0. The van der Waals surface area contributed by atoms with E-state index in [2.05, 4.69) is 37.0 Å². The number of nitrogens with zero attached hydrogens (tertiary/aromatic N) is 3. The molecule has 2 rings (SSSR count). The highest BCUT2D eigenvalue weighted by molar-refractivity contribution is 5.28. The molecule has 1 aliphatic heterocycles. The van der Waals surface area contributed by atoms with Crippen molar-refractivity contribution >= 4 is 0 Å². The zero-order chi connectivity index (χ0) is 14.0. The molecule has 108 valence electrons. The maximum absolute atomic E-state index is 6.04. The van der Waals surface area contributed by atoms with E-state index in [1.165, 1.54) is 5.56 Å². The predicted molar refractivity (Wildman–Crippen MR) is 76.1 cm³/mol. The van der Waals surface area contributed by atoms with Crippen LogP contribution in [0.4, 0.5) is 0 Å². The van der Waals surface area contributed by atoms with Crippen LogP contribution in [0.15, 0.2) is 6.20 Å². The molecule has 0 aromatic carbocycles. The molecule has 1 aliphatic rings. The van der Waals surface area contributed by atoms with Crippen molar-refractivity contribution in [2.45, 2.75) is 32.2 Å². The SMILES string of the molecule is Cn1cc(C(CN)N2CCOCC2)c(C(C)(C)C)n1. The van der Waals surface area contributed by atoms with Crippen molar-refractivity contribution in [3.63, 3.8) is 0 Å². The highest BCUT2D eigenvalue weighted by atomic mass is 16.5. The fraction of sp³-hybridized carbons (Fsp3) is 0.786. The van der Waals surface area contributed by atoms with Gasteiger partial charge in [-0.3, -0.25) is 9.58 Å². The van der Waals surface area contributed by atoms with Gasteiger partial charge >= 0.3 is 0 Å². The van der Waals surface area contributed by atoms with E-state index in [0.717, 1.165) is 32.0 Å². The summed E-state index contributed by atoms with van der Waals surface area (Å²) in [6.07, 6.45) is 2.12. The lowest BCUT2D eigenvalue weighted by atomic mass is 9.87. The molecule has 0 amide bonds. The largest absolute Gasteiger partial charge is 0.379 e. The quantitative estimate of drug-likeness (QED) is 0.888. The van der Waals surface area contributed by atoms with E-state index in [4.69, 9.17) is 10.5 Å². The first-order valence-corrected chi connectivity index (χ1v) is 6.99. The van der Waals surface area contributed by atoms with E-state index in [1.807, 2.05) is 11.7 Å². The highest BCUT2D eigenvalue weighted by Gasteiger charge is 2.29. The highest BCUT2D eigenvalue weighted by Crippen LogP contribution is 2.31. The molecule has 0 aliphatic carbocycles. The molecule has 1 aromatic rings. The molecule has 1 fully saturated rings. The molecule has 5 heteroatoms. The van der Waals surface area contributed by atoms with Gasteiger partial charge in [0.25, 0.3) is 0 Å². The van der Waals surface area contributed by atoms with Gasteiger partial charge in [-0.2, -0.15) is 5.10 Å². The fourth-order valence-corrected chi connectivity index (χ4v) is 2.70. The van der Waals surface area contributed by atoms with Crippen molar-refractivity contribution in [1.82, 2.24) is 14.7 Å². The smallest absolute Gasteiger partial charge is 0.0726 e. The van der Waals surface area contributed by atoms with Crippen LogP contribution >= 0.6 is 0 Å². The fourth-order valence-electron chi connectivity index (χ4n) is 2.70. The van der Waals surface area contributed by atoms with E-state index in [1.54, 1.807) is 0 Å². The zero-order valence-electron chi connectivity index (χ0n) is 12.5. The summed E-state index contributed by atoms with van der Waals surface area (Å²) in [5, 5.41) is 4.65. The van der Waals surface area contributed by atoms with Crippen molar-refractivity contribution in [3.8, 4) is 0 Å². The topological polar surface area (TPSA) is 56.3 Å². The minimum atomic E-state index is 0.0380. The lowest BCUT2D eigenvalue weighted by Crippen LogP contribution is -2.42. The van der Waals surface area contributed by atoms with E-state index in [-0.39, 0.29) is 11.5 Å². The Morgan fingerprint density at radius 3 is 2.53 bits per heavy atom. The second-order valence-corrected chi connectivity index (χ2v) is 6.26. The Kier molecular flexibility index (Phi) is 4.28. The first-order valence-electron chi connectivity index (χ1n) is 6.99. The standard InChI is InChI=1S/C14H26N4O/c1-14(2,3)13-11(10-17(4)16-13)12(9-15)18-5-7-19-8-6-18/h10,12H,5-9,15H2,1-4H3. The van der Waals surface area contributed by atoms with E-state index >= 15 is 0 Å². The molecule has 5 nitrogen and oxygen atoms in total. The summed E-state index contributed by atoms with van der Waals surface area (Å²) in [5.41, 5.74) is 8.49. The number of nitrogens with two attached hydrogens (primary N) is 1. The van der Waals surface area contributed by atoms with Crippen LogP contribution in [0.3, 0.4) is 0 Å². The molecule has 0 saturated carbocycles. The van der Waals surface area contributed by atoms with Gasteiger partial charge in [-0.15, -0.1) is 0 Å². The van der Waals surface area contributed by atoms with Gasteiger partial charge in [0.1, 0.15) is 0 Å². The number of aryl methyl sites for hydroxylation is 1. The van der Waals surface area contributed by atoms with Gasteiger partial charge in [-0.05, 0) is 0 Å². The van der Waals surface area contributed by atoms with Crippen LogP contribution in [-0.2, 0) is 17.2 Å². The number of morpholine rings is 1. The van der Waals surface area contributed by atoms with Crippen LogP contribution < -0.4 is 5.73 Å². The van der Waals surface area contributed by atoms with Crippen LogP contribution in [0, 0.1) is 0 Å². The maximum atomic E-state index is 6.04. The van der Waals surface area contributed by atoms with Crippen LogP contribution in [-0.4, -0.2) is 47.5 Å². The second kappa shape index (κ2) is 5.61. The summed E-state index contributed by atoms with van der Waals surface area (Å²) in [7, 11) is 1.98. The summed E-state index contributed by atoms with van der Waals surface area (Å²) in [6.45, 7) is 10.7. The summed E-state index contributed by atoms with van der Waals surface area (Å²) in [5.74, 6) is 0. The zero-order valence-corrected chi connectivity index (χ0v) is 12.5. The molecule has 0 radical (unpaired) electrons. The summed E-state index contributed by atoms with van der Waals surface area (Å²) in [4.78, 5) is 2.41. The Bertz CT molecular complexity index is 416. The minimum absolute atomic E-state index is 0.0380. The third-order valence-electron chi connectivity index (χ3n) is 3.64. The first-order chi connectivity index (χ1) is 8.93. The van der Waals surface area contributed by atoms with Crippen molar-refractivity contribution in [2.75, 3.05) is 32.8 Å². The van der Waals surface area contributed by atoms with Crippen LogP contribution in [0.5, 0.6) is 0 Å². The minimum Gasteiger partial charge on any atom is -0.379 e. The number of hydrogen-bond donors (Lipinski definition) is 1. The number of aromatic nitrogens is 2. The molecule has 2 heterocycles. The number of hydrogen-bond acceptors (Lipinski definition) is 4. The maximum Gasteiger partial charge on any atom is 0.0726 e. The van der Waals surface area contributed by atoms with Crippen LogP contribution in [0.1, 0.15) is 38.1 Å². The summed E-state index contributed by atoms with van der Waals surface area (Å²) in [6, 6.07) is 0.242. The van der Waals surface area contributed by atoms with E-state index in [9.17, 15) is 0 Å². The van der Waals surface area contributed by atoms with Gasteiger partial charge in [0.2, 0.25) is 0 Å². The molecule has 2 N–H and O–H groups in total. The Labute approximate surface area is 115 Å². The molecule has 0 bridgehead atoms. The molecular formula is C14H26N4O. The normalized spacial score (nSPS) is 19.6. The third kappa shape index (κ3) is 3.16. The van der Waals surface area contributed by atoms with Crippen LogP contribution in [0.25, 0.3) is 0 Å². The predicted octanol–water partition coefficient (Wildman–Crippen LogP) is 1.05. The molecule has 1 unspecified atom stereocenters. The first kappa shape index (κ1) is 14.5. The molecular weight excluding hydrogens is 240 g/mol. The third-order valence-corrected chi connectivity index (χ3v) is 3.64. The molecule has 1 aromatic heterocycles. The Balaban J connectivity index is 2.32. The van der Waals surface area contributed by atoms with Crippen LogP contribution in [0.2, 0.25) is 0 Å². The number of rotatable bonds is 3. The van der Waals surface area contributed by atoms with Gasteiger partial charge in [0, 0.05) is 43.9 Å². The van der Waals surface area contributed by atoms with Gasteiger partial charge in [-0.1, -0.05) is 20.8 Å². The monoisotopic (exact) mass is 266 g/mol. The Morgan fingerprint density at radius 2 is 2.00 bits per heavy atom.